The van der Waals surface area contributed by atoms with Crippen molar-refractivity contribution in [1.29, 1.82) is 0 Å². The van der Waals surface area contributed by atoms with Crippen LogP contribution in [-0.4, -0.2) is 43.1 Å². The van der Waals surface area contributed by atoms with E-state index in [0.717, 1.165) is 22.3 Å². The van der Waals surface area contributed by atoms with Gasteiger partial charge in [0.05, 0.1) is 11.7 Å². The van der Waals surface area contributed by atoms with Crippen LogP contribution in [0.3, 0.4) is 0 Å². The van der Waals surface area contributed by atoms with E-state index in [0.29, 0.717) is 17.2 Å². The van der Waals surface area contributed by atoms with Crippen molar-refractivity contribution in [2.75, 3.05) is 0 Å². The summed E-state index contributed by atoms with van der Waals surface area (Å²) in [6.07, 6.45) is 1.22. The maximum absolute atomic E-state index is 10.6. The van der Waals surface area contributed by atoms with Crippen LogP contribution < -0.4 is 10.5 Å². The number of hydrogen-bond donors (Lipinski definition) is 3. The molecule has 1 aromatic carbocycles. The highest BCUT2D eigenvalue weighted by Gasteiger charge is 2.44. The molecule has 1 fully saturated rings. The predicted octanol–water partition coefficient (Wildman–Crippen LogP) is 1.97. The molecule has 8 heteroatoms. The fourth-order valence-corrected chi connectivity index (χ4v) is 3.91. The molecule has 7 nitrogen and oxygen atoms in total. The Kier molecular flexibility index (Phi) is 4.77. The van der Waals surface area contributed by atoms with Crippen LogP contribution in [0.1, 0.15) is 23.7 Å². The Labute approximate surface area is 161 Å². The number of fused-ring (bicyclic) bond motifs is 1. The number of rotatable bonds is 4. The Morgan fingerprint density at radius 1 is 1.26 bits per heavy atom. The van der Waals surface area contributed by atoms with Gasteiger partial charge in [-0.05, 0) is 31.2 Å². The number of aliphatic hydroxyl groups is 2. The third-order valence-corrected chi connectivity index (χ3v) is 5.42. The molecule has 0 spiro atoms. The van der Waals surface area contributed by atoms with E-state index in [1.54, 1.807) is 18.2 Å². The standard InChI is InChI=1S/C19H21ClN4O3/c1-10-13-4-5-24(19(13)23-9-22-10)14-7-16(18(26)17(14)25)27-15-3-2-12(20)6-11(15)8-21/h2-6,9,14,16-18,25-26H,7-8,21H2,1H3/t14?,16?,17-,18+/m0/s1. The molecule has 1 aliphatic rings. The molecule has 142 valence electrons. The van der Waals surface area contributed by atoms with Gasteiger partial charge in [-0.3, -0.25) is 0 Å². The SMILES string of the molecule is Cc1ncnc2c1ccn2C1CC(Oc2ccc(Cl)cc2CN)[C@@H](O)[C@H]1O. The third kappa shape index (κ3) is 3.17. The van der Waals surface area contributed by atoms with Crippen molar-refractivity contribution in [1.82, 2.24) is 14.5 Å². The topological polar surface area (TPSA) is 106 Å². The lowest BCUT2D eigenvalue weighted by Gasteiger charge is -2.20. The molecule has 3 aromatic rings. The van der Waals surface area contributed by atoms with Crippen LogP contribution in [-0.2, 0) is 6.54 Å². The van der Waals surface area contributed by atoms with E-state index in [4.69, 9.17) is 22.1 Å². The van der Waals surface area contributed by atoms with Gasteiger partial charge < -0.3 is 25.3 Å². The zero-order chi connectivity index (χ0) is 19.1. The Balaban J connectivity index is 1.62. The summed E-state index contributed by atoms with van der Waals surface area (Å²) in [6.45, 7) is 2.18. The highest BCUT2D eigenvalue weighted by Crippen LogP contribution is 2.36. The maximum Gasteiger partial charge on any atom is 0.143 e. The smallest absolute Gasteiger partial charge is 0.143 e. The van der Waals surface area contributed by atoms with Gasteiger partial charge in [0.25, 0.3) is 0 Å². The first-order valence-electron chi connectivity index (χ1n) is 8.79. The van der Waals surface area contributed by atoms with Crippen molar-refractivity contribution in [2.45, 2.75) is 44.2 Å². The summed E-state index contributed by atoms with van der Waals surface area (Å²) in [5.74, 6) is 0.564. The minimum atomic E-state index is -1.03. The average molecular weight is 389 g/mol. The molecule has 0 saturated heterocycles. The van der Waals surface area contributed by atoms with Gasteiger partial charge in [-0.2, -0.15) is 0 Å². The number of halogens is 1. The molecule has 4 N–H and O–H groups in total. The molecule has 0 radical (unpaired) electrons. The van der Waals surface area contributed by atoms with Crippen LogP contribution >= 0.6 is 11.6 Å². The van der Waals surface area contributed by atoms with Crippen LogP contribution in [0.25, 0.3) is 11.0 Å². The first kappa shape index (κ1) is 18.2. The quantitative estimate of drug-likeness (QED) is 0.630. The number of ether oxygens (including phenoxy) is 1. The summed E-state index contributed by atoms with van der Waals surface area (Å²) >= 11 is 6.01. The fourth-order valence-electron chi connectivity index (χ4n) is 3.71. The van der Waals surface area contributed by atoms with Crippen molar-refractivity contribution in [3.63, 3.8) is 0 Å². The van der Waals surface area contributed by atoms with E-state index in [-0.39, 0.29) is 12.6 Å². The third-order valence-electron chi connectivity index (χ3n) is 5.19. The van der Waals surface area contributed by atoms with E-state index in [1.165, 1.54) is 6.33 Å². The minimum Gasteiger partial charge on any atom is -0.487 e. The monoisotopic (exact) mass is 388 g/mol. The van der Waals surface area contributed by atoms with Gasteiger partial charge in [-0.15, -0.1) is 0 Å². The molecule has 1 aliphatic carbocycles. The summed E-state index contributed by atoms with van der Waals surface area (Å²) < 4.78 is 7.89. The molecule has 1 saturated carbocycles. The first-order valence-corrected chi connectivity index (χ1v) is 9.17. The number of hydrogen-bond acceptors (Lipinski definition) is 6. The number of aryl methyl sites for hydroxylation is 1. The lowest BCUT2D eigenvalue weighted by molar-refractivity contribution is -0.0165. The summed E-state index contributed by atoms with van der Waals surface area (Å²) in [4.78, 5) is 8.53. The number of benzene rings is 1. The van der Waals surface area contributed by atoms with E-state index >= 15 is 0 Å². The van der Waals surface area contributed by atoms with Crippen molar-refractivity contribution in [2.24, 2.45) is 5.73 Å². The van der Waals surface area contributed by atoms with Crippen molar-refractivity contribution in [3.8, 4) is 5.75 Å². The molecule has 0 amide bonds. The Morgan fingerprint density at radius 2 is 2.07 bits per heavy atom. The van der Waals surface area contributed by atoms with Gasteiger partial charge in [0, 0.05) is 35.1 Å². The molecule has 0 bridgehead atoms. The van der Waals surface area contributed by atoms with Gasteiger partial charge >= 0.3 is 0 Å². The highest BCUT2D eigenvalue weighted by atomic mass is 35.5. The normalized spacial score (nSPS) is 25.2. The van der Waals surface area contributed by atoms with Crippen LogP contribution in [0.4, 0.5) is 0 Å². The van der Waals surface area contributed by atoms with Crippen LogP contribution in [0, 0.1) is 6.92 Å². The zero-order valence-electron chi connectivity index (χ0n) is 14.8. The van der Waals surface area contributed by atoms with Crippen LogP contribution in [0.2, 0.25) is 5.02 Å². The Bertz CT molecular complexity index is 977. The van der Waals surface area contributed by atoms with Crippen molar-refractivity contribution >= 4 is 22.6 Å². The number of aliphatic hydroxyl groups excluding tert-OH is 2. The molecule has 4 atom stereocenters. The maximum atomic E-state index is 10.6. The second-order valence-electron chi connectivity index (χ2n) is 6.82. The molecule has 2 heterocycles. The lowest BCUT2D eigenvalue weighted by Crippen LogP contribution is -2.34. The summed E-state index contributed by atoms with van der Waals surface area (Å²) in [6, 6.07) is 6.75. The largest absolute Gasteiger partial charge is 0.487 e. The number of aromatic nitrogens is 3. The number of nitrogens with zero attached hydrogens (tertiary/aromatic N) is 3. The zero-order valence-corrected chi connectivity index (χ0v) is 15.5. The Morgan fingerprint density at radius 3 is 2.85 bits per heavy atom. The van der Waals surface area contributed by atoms with Crippen LogP contribution in [0.5, 0.6) is 5.75 Å². The first-order chi connectivity index (χ1) is 13.0. The van der Waals surface area contributed by atoms with Gasteiger partial charge in [0.1, 0.15) is 36.0 Å². The number of nitrogens with two attached hydrogens (primary N) is 1. The van der Waals surface area contributed by atoms with Gasteiger partial charge in [0.2, 0.25) is 0 Å². The van der Waals surface area contributed by atoms with Crippen molar-refractivity contribution < 1.29 is 14.9 Å². The van der Waals surface area contributed by atoms with Gasteiger partial charge in [-0.1, -0.05) is 11.6 Å². The average Bonchev–Trinajstić information content (AvgIpc) is 3.20. The molecular weight excluding hydrogens is 368 g/mol. The van der Waals surface area contributed by atoms with E-state index in [2.05, 4.69) is 9.97 Å². The predicted molar refractivity (Wildman–Crippen MR) is 102 cm³/mol. The summed E-state index contributed by atoms with van der Waals surface area (Å²) in [5, 5.41) is 22.7. The molecule has 2 unspecified atom stereocenters. The molecule has 2 aromatic heterocycles. The van der Waals surface area contributed by atoms with Gasteiger partial charge in [-0.25, -0.2) is 9.97 Å². The highest BCUT2D eigenvalue weighted by molar-refractivity contribution is 6.30. The summed E-state index contributed by atoms with van der Waals surface area (Å²) in [5.41, 5.74) is 8.12. The van der Waals surface area contributed by atoms with E-state index in [1.807, 2.05) is 23.8 Å². The summed E-state index contributed by atoms with van der Waals surface area (Å²) in [7, 11) is 0. The van der Waals surface area contributed by atoms with E-state index in [9.17, 15) is 10.2 Å². The van der Waals surface area contributed by atoms with Crippen LogP contribution in [0.15, 0.2) is 36.8 Å². The fraction of sp³-hybridized carbons (Fsp3) is 0.368. The molecule has 4 rings (SSSR count). The minimum absolute atomic E-state index is 0.267. The molecule has 27 heavy (non-hydrogen) atoms. The molecular formula is C19H21ClN4O3. The van der Waals surface area contributed by atoms with E-state index < -0.39 is 18.3 Å². The lowest BCUT2D eigenvalue weighted by atomic mass is 10.2. The Hall–Kier alpha value is -2.19. The second kappa shape index (κ2) is 7.09. The van der Waals surface area contributed by atoms with Crippen molar-refractivity contribution in [3.05, 3.63) is 53.1 Å². The second-order valence-corrected chi connectivity index (χ2v) is 7.25. The van der Waals surface area contributed by atoms with Gasteiger partial charge in [0.15, 0.2) is 0 Å². The molecule has 0 aliphatic heterocycles.